The zero-order chi connectivity index (χ0) is 23.0. The molecule has 10 heteroatoms. The van der Waals surface area contributed by atoms with Crippen LogP contribution in [0.25, 0.3) is 22.8 Å². The summed E-state index contributed by atoms with van der Waals surface area (Å²) in [7, 11) is 1.69. The molecule has 0 aliphatic heterocycles. The number of para-hydroxylation sites is 1. The minimum Gasteiger partial charge on any atom is -0.493 e. The number of hydrogen-bond donors (Lipinski definition) is 0. The first kappa shape index (κ1) is 23.3. The van der Waals surface area contributed by atoms with Gasteiger partial charge in [0.2, 0.25) is 11.7 Å². The van der Waals surface area contributed by atoms with Crippen LogP contribution in [0.2, 0.25) is 5.02 Å². The Morgan fingerprint density at radius 3 is 2.70 bits per heavy atom. The van der Waals surface area contributed by atoms with E-state index < -0.39 is 0 Å². The van der Waals surface area contributed by atoms with Crippen LogP contribution in [0, 0.1) is 0 Å². The summed E-state index contributed by atoms with van der Waals surface area (Å²) in [6.07, 6.45) is 0.835. The predicted molar refractivity (Wildman–Crippen MR) is 127 cm³/mol. The van der Waals surface area contributed by atoms with Gasteiger partial charge >= 0.3 is 0 Å². The van der Waals surface area contributed by atoms with Crippen molar-refractivity contribution < 1.29 is 14.0 Å². The predicted octanol–water partition coefficient (Wildman–Crippen LogP) is 5.38. The van der Waals surface area contributed by atoms with Crippen molar-refractivity contribution in [1.82, 2.24) is 24.9 Å². The first-order valence-corrected chi connectivity index (χ1v) is 11.9. The van der Waals surface area contributed by atoms with Gasteiger partial charge in [-0.05, 0) is 49.7 Å². The Labute approximate surface area is 201 Å². The van der Waals surface area contributed by atoms with Crippen molar-refractivity contribution >= 4 is 23.4 Å². The van der Waals surface area contributed by atoms with Crippen LogP contribution in [0.5, 0.6) is 5.75 Å². The number of thioether (sulfide) groups is 1. The molecule has 4 rings (SSSR count). The Kier molecular flexibility index (Phi) is 7.98. The second-order valence-corrected chi connectivity index (χ2v) is 8.42. The molecule has 0 amide bonds. The molecule has 2 aromatic carbocycles. The highest BCUT2D eigenvalue weighted by atomic mass is 35.5. The Morgan fingerprint density at radius 1 is 1.09 bits per heavy atom. The highest BCUT2D eigenvalue weighted by molar-refractivity contribution is 7.98. The topological polar surface area (TPSA) is 88.1 Å². The molecule has 172 valence electrons. The average molecular weight is 486 g/mol. The number of benzene rings is 2. The molecule has 0 aliphatic rings. The van der Waals surface area contributed by atoms with Gasteiger partial charge in [0.25, 0.3) is 0 Å². The first-order valence-electron chi connectivity index (χ1n) is 10.5. The summed E-state index contributed by atoms with van der Waals surface area (Å²) in [4.78, 5) is 4.55. The van der Waals surface area contributed by atoms with E-state index in [1.165, 1.54) is 11.8 Å². The lowest BCUT2D eigenvalue weighted by atomic mass is 10.2. The molecular weight excluding hydrogens is 462 g/mol. The largest absolute Gasteiger partial charge is 0.493 e. The maximum Gasteiger partial charge on any atom is 0.237 e. The Bertz CT molecular complexity index is 1180. The third kappa shape index (κ3) is 5.73. The van der Waals surface area contributed by atoms with Crippen LogP contribution >= 0.6 is 23.4 Å². The summed E-state index contributed by atoms with van der Waals surface area (Å²) in [6.45, 7) is 3.87. The summed E-state index contributed by atoms with van der Waals surface area (Å²) in [5.41, 5.74) is 1.75. The lowest BCUT2D eigenvalue weighted by Crippen LogP contribution is -2.05. The van der Waals surface area contributed by atoms with Crippen molar-refractivity contribution in [3.63, 3.8) is 0 Å². The number of nitrogens with zero attached hydrogens (tertiary/aromatic N) is 5. The number of halogens is 1. The molecule has 0 N–H and O–H groups in total. The second kappa shape index (κ2) is 11.3. The molecule has 0 saturated heterocycles. The molecule has 0 radical (unpaired) electrons. The van der Waals surface area contributed by atoms with Crippen LogP contribution in [0.15, 0.2) is 58.2 Å². The fourth-order valence-electron chi connectivity index (χ4n) is 3.26. The number of methoxy groups -OCH3 is 1. The minimum atomic E-state index is 0.465. The van der Waals surface area contributed by atoms with Crippen molar-refractivity contribution in [3.05, 3.63) is 59.4 Å². The third-order valence-electron chi connectivity index (χ3n) is 4.77. The third-order valence-corrected chi connectivity index (χ3v) is 5.97. The number of rotatable bonds is 11. The van der Waals surface area contributed by atoms with Crippen LogP contribution in [-0.4, -0.2) is 45.2 Å². The quantitative estimate of drug-likeness (QED) is 0.207. The number of ether oxygens (including phenoxy) is 2. The monoisotopic (exact) mass is 485 g/mol. The molecule has 0 unspecified atom stereocenters. The molecule has 8 nitrogen and oxygen atoms in total. The molecular formula is C23H24ClN5O3S. The van der Waals surface area contributed by atoms with Crippen LogP contribution in [0.1, 0.15) is 19.2 Å². The standard InChI is InChI=1S/C23H24ClN5O3S/c1-3-31-19-8-5-4-7-18(19)21-25-20(32-28-21)15-33-23-27-26-22(29(23)13-6-14-30-2)16-9-11-17(24)12-10-16/h4-5,7-12H,3,6,13-15H2,1-2H3. The summed E-state index contributed by atoms with van der Waals surface area (Å²) >= 11 is 7.54. The second-order valence-electron chi connectivity index (χ2n) is 7.04. The normalized spacial score (nSPS) is 11.1. The van der Waals surface area contributed by atoms with Gasteiger partial charge in [-0.3, -0.25) is 0 Å². The van der Waals surface area contributed by atoms with Crippen molar-refractivity contribution in [3.8, 4) is 28.5 Å². The summed E-state index contributed by atoms with van der Waals surface area (Å²) in [6, 6.07) is 15.2. The van der Waals surface area contributed by atoms with Crippen molar-refractivity contribution in [2.24, 2.45) is 0 Å². The molecule has 0 aliphatic carbocycles. The van der Waals surface area contributed by atoms with Crippen LogP contribution in [0.3, 0.4) is 0 Å². The van der Waals surface area contributed by atoms with Crippen LogP contribution < -0.4 is 4.74 Å². The van der Waals surface area contributed by atoms with Crippen molar-refractivity contribution in [1.29, 1.82) is 0 Å². The van der Waals surface area contributed by atoms with Crippen LogP contribution in [-0.2, 0) is 17.0 Å². The molecule has 33 heavy (non-hydrogen) atoms. The number of hydrogen-bond acceptors (Lipinski definition) is 8. The van der Waals surface area contributed by atoms with Gasteiger partial charge in [-0.15, -0.1) is 10.2 Å². The lowest BCUT2D eigenvalue weighted by molar-refractivity contribution is 0.189. The first-order chi connectivity index (χ1) is 16.2. The molecule has 0 fully saturated rings. The van der Waals surface area contributed by atoms with Crippen molar-refractivity contribution in [2.45, 2.75) is 30.8 Å². The molecule has 0 bridgehead atoms. The van der Waals surface area contributed by atoms with Gasteiger partial charge in [-0.2, -0.15) is 4.98 Å². The maximum atomic E-state index is 6.04. The molecule has 2 aromatic heterocycles. The molecule has 4 aromatic rings. The fraction of sp³-hybridized carbons (Fsp3) is 0.304. The lowest BCUT2D eigenvalue weighted by Gasteiger charge is -2.09. The molecule has 2 heterocycles. The molecule has 0 saturated carbocycles. The van der Waals surface area contributed by atoms with E-state index in [0.717, 1.165) is 40.8 Å². The Hall–Kier alpha value is -2.88. The Morgan fingerprint density at radius 2 is 1.91 bits per heavy atom. The van der Waals surface area contributed by atoms with Gasteiger partial charge in [0.05, 0.1) is 17.9 Å². The maximum absolute atomic E-state index is 6.04. The highest BCUT2D eigenvalue weighted by Crippen LogP contribution is 2.30. The summed E-state index contributed by atoms with van der Waals surface area (Å²) in [5.74, 6) is 2.97. The SMILES string of the molecule is CCOc1ccccc1-c1noc(CSc2nnc(-c3ccc(Cl)cc3)n2CCCOC)n1. The van der Waals surface area contributed by atoms with Gasteiger partial charge in [0.15, 0.2) is 11.0 Å². The van der Waals surface area contributed by atoms with E-state index in [9.17, 15) is 0 Å². The van der Waals surface area contributed by atoms with Gasteiger partial charge in [0, 0.05) is 30.8 Å². The average Bonchev–Trinajstić information content (AvgIpc) is 3.46. The van der Waals surface area contributed by atoms with Gasteiger partial charge in [-0.1, -0.05) is 40.7 Å². The van der Waals surface area contributed by atoms with Crippen molar-refractivity contribution in [2.75, 3.05) is 20.3 Å². The van der Waals surface area contributed by atoms with Gasteiger partial charge < -0.3 is 18.6 Å². The molecule has 0 atom stereocenters. The van der Waals surface area contributed by atoms with E-state index >= 15 is 0 Å². The summed E-state index contributed by atoms with van der Waals surface area (Å²) < 4.78 is 18.5. The van der Waals surface area contributed by atoms with Gasteiger partial charge in [-0.25, -0.2) is 0 Å². The zero-order valence-corrected chi connectivity index (χ0v) is 20.0. The minimum absolute atomic E-state index is 0.465. The zero-order valence-electron chi connectivity index (χ0n) is 18.4. The highest BCUT2D eigenvalue weighted by Gasteiger charge is 2.17. The fourth-order valence-corrected chi connectivity index (χ4v) is 4.19. The van der Waals surface area contributed by atoms with E-state index in [-0.39, 0.29) is 0 Å². The molecule has 0 spiro atoms. The van der Waals surface area contributed by atoms with E-state index in [4.69, 9.17) is 25.6 Å². The number of aromatic nitrogens is 5. The smallest absolute Gasteiger partial charge is 0.237 e. The van der Waals surface area contributed by atoms with E-state index in [1.807, 2.05) is 55.5 Å². The van der Waals surface area contributed by atoms with Crippen LogP contribution in [0.4, 0.5) is 0 Å². The summed E-state index contributed by atoms with van der Waals surface area (Å²) in [5, 5.41) is 14.4. The Balaban J connectivity index is 1.52. The van der Waals surface area contributed by atoms with E-state index in [1.54, 1.807) is 7.11 Å². The van der Waals surface area contributed by atoms with Gasteiger partial charge in [0.1, 0.15) is 5.75 Å². The van der Waals surface area contributed by atoms with E-state index in [0.29, 0.717) is 35.7 Å². The van der Waals surface area contributed by atoms with E-state index in [2.05, 4.69) is 24.9 Å².